The van der Waals surface area contributed by atoms with E-state index < -0.39 is 9.16 Å². The summed E-state index contributed by atoms with van der Waals surface area (Å²) in [4.78, 5) is 5.32. The molecule has 12 rings (SSSR count). The van der Waals surface area contributed by atoms with E-state index in [0.717, 1.165) is 66.3 Å². The minimum absolute atomic E-state index is 0.843. The van der Waals surface area contributed by atoms with Gasteiger partial charge in [-0.3, -0.25) is 0 Å². The lowest BCUT2D eigenvalue weighted by Crippen LogP contribution is -2.12. The minimum Gasteiger partial charge on any atom is -0.455 e. The lowest BCUT2D eigenvalue weighted by molar-refractivity contribution is 0.664. The van der Waals surface area contributed by atoms with Crippen LogP contribution in [0.5, 0.6) is 0 Å². The first-order valence-corrected chi connectivity index (χ1v) is 23.2. The van der Waals surface area contributed by atoms with Gasteiger partial charge in [-0.25, -0.2) is 9.16 Å². The van der Waals surface area contributed by atoms with E-state index in [1.54, 1.807) is 0 Å². The van der Waals surface area contributed by atoms with Crippen LogP contribution in [0.2, 0.25) is 0 Å². The zero-order valence-electron chi connectivity index (χ0n) is 32.0. The number of hydrogen-bond acceptors (Lipinski definition) is 3. The molecule has 57 heavy (non-hydrogen) atoms. The van der Waals surface area contributed by atoms with Crippen molar-refractivity contribution in [2.45, 2.75) is 9.79 Å². The predicted molar refractivity (Wildman–Crippen MR) is 245 cm³/mol. The first kappa shape index (κ1) is 32.5. The molecule has 0 bridgehead atoms. The summed E-state index contributed by atoms with van der Waals surface area (Å²) in [7, 11) is -2.33. The highest BCUT2D eigenvalue weighted by molar-refractivity contribution is 8.48. The van der Waals surface area contributed by atoms with Crippen LogP contribution in [0.4, 0.5) is 17.1 Å². The smallest absolute Gasteiger partial charge is 0.159 e. The number of nitrogens with zero attached hydrogens (tertiary/aromatic N) is 1. The number of thiol groups is 1. The maximum absolute atomic E-state index is 6.98. The van der Waals surface area contributed by atoms with Crippen LogP contribution in [-0.2, 0) is 0 Å². The summed E-state index contributed by atoms with van der Waals surface area (Å²) in [6.45, 7) is 0. The molecule has 0 saturated carbocycles. The van der Waals surface area contributed by atoms with Crippen molar-refractivity contribution in [1.82, 2.24) is 0 Å². The second-order valence-corrected chi connectivity index (χ2v) is 23.3. The maximum atomic E-state index is 6.98. The fraction of sp³-hybridized carbons (Fsp3) is 0.0566. The Hall–Kier alpha value is -6.75. The predicted octanol–water partition coefficient (Wildman–Crippen LogP) is 15.3. The Morgan fingerprint density at radius 1 is 0.404 bits per heavy atom. The van der Waals surface area contributed by atoms with E-state index in [-0.39, 0.29) is 0 Å². The normalized spacial score (nSPS) is 15.0. The Balaban J connectivity index is 1.10. The molecule has 0 atom stereocenters. The molecule has 0 fully saturated rings. The zero-order chi connectivity index (χ0) is 38.1. The van der Waals surface area contributed by atoms with E-state index in [9.17, 15) is 0 Å². The molecule has 0 unspecified atom stereocenters. The molecule has 3 nitrogen and oxygen atoms in total. The number of anilines is 3. The van der Waals surface area contributed by atoms with Gasteiger partial charge in [-0.1, -0.05) is 121 Å². The second-order valence-electron chi connectivity index (χ2n) is 16.8. The van der Waals surface area contributed by atoms with Gasteiger partial charge < -0.3 is 13.7 Å². The van der Waals surface area contributed by atoms with Gasteiger partial charge in [0.05, 0.1) is 5.69 Å². The van der Waals surface area contributed by atoms with Crippen molar-refractivity contribution < 1.29 is 8.83 Å². The van der Waals surface area contributed by atoms with Crippen molar-refractivity contribution >= 4 is 91.6 Å². The topological polar surface area (TPSA) is 29.5 Å². The van der Waals surface area contributed by atoms with E-state index in [1.807, 2.05) is 0 Å². The fourth-order valence-electron chi connectivity index (χ4n) is 9.81. The van der Waals surface area contributed by atoms with Gasteiger partial charge in [0.1, 0.15) is 16.7 Å². The maximum Gasteiger partial charge on any atom is 0.159 e. The molecule has 0 N–H and O–H groups in total. The molecule has 1 aliphatic heterocycles. The first-order chi connectivity index (χ1) is 27.8. The lowest BCUT2D eigenvalue weighted by atomic mass is 9.98. The van der Waals surface area contributed by atoms with Crippen molar-refractivity contribution in [3.63, 3.8) is 0 Å². The molecule has 274 valence electrons. The van der Waals surface area contributed by atoms with Gasteiger partial charge in [0, 0.05) is 38.3 Å². The third-order valence-electron chi connectivity index (χ3n) is 12.6. The van der Waals surface area contributed by atoms with Gasteiger partial charge in [-0.15, -0.1) is 0 Å². The Morgan fingerprint density at radius 2 is 0.982 bits per heavy atom. The highest BCUT2D eigenvalue weighted by Crippen LogP contribution is 2.80. The SMILES string of the molecule is C[SH]1(C)(C)c2ccccc2-c2cc(N(c3ccc(-c4cccc5ccccc45)cc3)c3cccc4c3oc3ccc5oc6c7ccccc7ccc6c5c34)ccc21. The third kappa shape index (κ3) is 4.56. The van der Waals surface area contributed by atoms with Crippen LogP contribution in [0.15, 0.2) is 195 Å². The summed E-state index contributed by atoms with van der Waals surface area (Å²) in [6, 6.07) is 63.8. The Bertz CT molecular complexity index is 3470. The largest absolute Gasteiger partial charge is 0.455 e. The van der Waals surface area contributed by atoms with Crippen molar-refractivity contribution in [3.8, 4) is 22.3 Å². The number of para-hydroxylation sites is 1. The molecule has 3 heterocycles. The van der Waals surface area contributed by atoms with Crippen LogP contribution in [0.25, 0.3) is 87.7 Å². The Morgan fingerprint density at radius 3 is 1.79 bits per heavy atom. The molecule has 0 radical (unpaired) electrons. The molecule has 0 amide bonds. The lowest BCUT2D eigenvalue weighted by Gasteiger charge is -2.49. The first-order valence-electron chi connectivity index (χ1n) is 19.6. The van der Waals surface area contributed by atoms with Crippen LogP contribution in [0, 0.1) is 0 Å². The average Bonchev–Trinajstić information content (AvgIpc) is 3.88. The standard InChI is InChI=1S/C53H39NO2S/c1-57(2,3)48-21-9-8-17-41(48)44-32-37(27-31-49(44)57)54(36-25-22-35(23-26-36)39-18-10-14-33-12-4-6-15-38(33)39)45-20-11-19-42-50-47(56-53(42)45)30-29-46-51(50)43-28-24-34-13-5-7-16-40(34)52(43)55-46/h4-32,57H,1-3H3. The van der Waals surface area contributed by atoms with E-state index >= 15 is 0 Å². The number of furan rings is 2. The molecule has 0 saturated heterocycles. The molecule has 9 aromatic carbocycles. The molecular formula is C53H39NO2S. The summed E-state index contributed by atoms with van der Waals surface area (Å²) < 4.78 is 13.6. The zero-order valence-corrected chi connectivity index (χ0v) is 32.8. The molecule has 0 spiro atoms. The highest BCUT2D eigenvalue weighted by atomic mass is 32.3. The molecular weight excluding hydrogens is 715 g/mol. The summed E-state index contributed by atoms with van der Waals surface area (Å²) in [6.07, 6.45) is 7.45. The average molecular weight is 754 g/mol. The van der Waals surface area contributed by atoms with Crippen molar-refractivity contribution in [2.75, 3.05) is 23.7 Å². The number of fused-ring (bicyclic) bond motifs is 13. The van der Waals surface area contributed by atoms with Crippen LogP contribution in [-0.4, -0.2) is 18.8 Å². The number of benzene rings is 9. The van der Waals surface area contributed by atoms with Crippen LogP contribution >= 0.6 is 9.16 Å². The molecule has 1 aliphatic rings. The van der Waals surface area contributed by atoms with E-state index in [1.165, 1.54) is 48.2 Å². The van der Waals surface area contributed by atoms with E-state index in [0.29, 0.717) is 0 Å². The molecule has 4 heteroatoms. The van der Waals surface area contributed by atoms with Gasteiger partial charge in [0.25, 0.3) is 0 Å². The fourth-order valence-corrected chi connectivity index (χ4v) is 13.3. The van der Waals surface area contributed by atoms with Crippen LogP contribution in [0.3, 0.4) is 0 Å². The Kier molecular flexibility index (Phi) is 6.50. The minimum atomic E-state index is -2.33. The van der Waals surface area contributed by atoms with Gasteiger partial charge >= 0.3 is 0 Å². The van der Waals surface area contributed by atoms with Gasteiger partial charge in [0.2, 0.25) is 0 Å². The van der Waals surface area contributed by atoms with Gasteiger partial charge in [-0.05, 0) is 122 Å². The van der Waals surface area contributed by atoms with E-state index in [4.69, 9.17) is 8.83 Å². The summed E-state index contributed by atoms with van der Waals surface area (Å²) >= 11 is 0. The summed E-state index contributed by atoms with van der Waals surface area (Å²) in [5, 5.41) is 9.09. The van der Waals surface area contributed by atoms with Crippen molar-refractivity contribution in [2.24, 2.45) is 0 Å². The van der Waals surface area contributed by atoms with Crippen LogP contribution < -0.4 is 4.90 Å². The van der Waals surface area contributed by atoms with E-state index in [2.05, 4.69) is 200 Å². The third-order valence-corrected chi connectivity index (χ3v) is 16.7. The quantitative estimate of drug-likeness (QED) is 0.182. The molecule has 2 aromatic heterocycles. The van der Waals surface area contributed by atoms with Gasteiger partial charge in [-0.2, -0.15) is 0 Å². The van der Waals surface area contributed by atoms with Crippen LogP contribution in [0.1, 0.15) is 0 Å². The number of hydrogen-bond donors (Lipinski definition) is 1. The second kappa shape index (κ2) is 11.4. The van der Waals surface area contributed by atoms with Crippen molar-refractivity contribution in [1.29, 1.82) is 0 Å². The Labute approximate surface area is 330 Å². The molecule has 11 aromatic rings. The van der Waals surface area contributed by atoms with Crippen molar-refractivity contribution in [3.05, 3.63) is 176 Å². The summed E-state index contributed by atoms with van der Waals surface area (Å²) in [5.41, 5.74) is 11.7. The number of rotatable bonds is 4. The van der Waals surface area contributed by atoms with Gasteiger partial charge in [0.15, 0.2) is 5.58 Å². The molecule has 0 aliphatic carbocycles. The highest BCUT2D eigenvalue weighted by Gasteiger charge is 2.40. The monoisotopic (exact) mass is 753 g/mol. The summed E-state index contributed by atoms with van der Waals surface area (Å²) in [5.74, 6) is 0.